The summed E-state index contributed by atoms with van der Waals surface area (Å²) in [5, 5.41) is 9.03. The van der Waals surface area contributed by atoms with Crippen molar-refractivity contribution in [2.75, 3.05) is 11.5 Å². The van der Waals surface area contributed by atoms with E-state index in [0.717, 1.165) is 23.6 Å². The van der Waals surface area contributed by atoms with Crippen molar-refractivity contribution in [2.45, 2.75) is 26.3 Å². The van der Waals surface area contributed by atoms with Gasteiger partial charge in [-0.1, -0.05) is 0 Å². The Labute approximate surface area is 93.5 Å². The van der Waals surface area contributed by atoms with Crippen molar-refractivity contribution in [1.29, 1.82) is 0 Å². The third kappa shape index (κ3) is 1.78. The molecule has 0 aliphatic carbocycles. The maximum atomic E-state index is 11.0. The molecule has 82 valence electrons. The highest BCUT2D eigenvalue weighted by molar-refractivity contribution is 7.99. The van der Waals surface area contributed by atoms with Crippen LogP contribution in [0.25, 0.3) is 0 Å². The topological polar surface area (TPSA) is 42.2 Å². The zero-order valence-corrected chi connectivity index (χ0v) is 9.80. The predicted molar refractivity (Wildman–Crippen MR) is 61.8 cm³/mol. The number of carbonyl (C=O) groups is 1. The summed E-state index contributed by atoms with van der Waals surface area (Å²) in [6.45, 7) is 3.89. The molecule has 15 heavy (non-hydrogen) atoms. The molecule has 1 fully saturated rings. The average molecular weight is 225 g/mol. The number of thioether (sulfide) groups is 1. The molecule has 0 aromatic carbocycles. The van der Waals surface area contributed by atoms with E-state index in [1.165, 1.54) is 5.75 Å². The van der Waals surface area contributed by atoms with Crippen LogP contribution in [0.2, 0.25) is 0 Å². The molecule has 2 heterocycles. The van der Waals surface area contributed by atoms with E-state index in [-0.39, 0.29) is 0 Å². The van der Waals surface area contributed by atoms with Gasteiger partial charge in [-0.15, -0.1) is 0 Å². The summed E-state index contributed by atoms with van der Waals surface area (Å²) in [7, 11) is 0. The molecular formula is C11H15NO2S. The fourth-order valence-electron chi connectivity index (χ4n) is 2.28. The van der Waals surface area contributed by atoms with Gasteiger partial charge in [0.2, 0.25) is 0 Å². The van der Waals surface area contributed by atoms with Gasteiger partial charge in [0.05, 0.1) is 5.56 Å². The van der Waals surface area contributed by atoms with E-state index in [9.17, 15) is 4.79 Å². The second-order valence-electron chi connectivity index (χ2n) is 3.98. The lowest BCUT2D eigenvalue weighted by atomic mass is 10.2. The van der Waals surface area contributed by atoms with Crippen molar-refractivity contribution < 1.29 is 9.90 Å². The Kier molecular flexibility index (Phi) is 2.78. The van der Waals surface area contributed by atoms with E-state index in [1.54, 1.807) is 6.07 Å². The van der Waals surface area contributed by atoms with Gasteiger partial charge in [0.1, 0.15) is 0 Å². The van der Waals surface area contributed by atoms with Crippen molar-refractivity contribution in [3.63, 3.8) is 0 Å². The first-order chi connectivity index (χ1) is 7.11. The van der Waals surface area contributed by atoms with Gasteiger partial charge >= 0.3 is 5.97 Å². The lowest BCUT2D eigenvalue weighted by Gasteiger charge is -2.16. The number of rotatable bonds is 2. The van der Waals surface area contributed by atoms with Gasteiger partial charge in [0.15, 0.2) is 0 Å². The van der Waals surface area contributed by atoms with Gasteiger partial charge in [-0.3, -0.25) is 0 Å². The van der Waals surface area contributed by atoms with Crippen LogP contribution in [0.4, 0.5) is 0 Å². The van der Waals surface area contributed by atoms with Crippen LogP contribution in [0.3, 0.4) is 0 Å². The molecule has 2 rings (SSSR count). The van der Waals surface area contributed by atoms with Gasteiger partial charge in [-0.2, -0.15) is 11.8 Å². The molecule has 1 aliphatic heterocycles. The summed E-state index contributed by atoms with van der Waals surface area (Å²) in [5.41, 5.74) is 2.41. The number of carboxylic acids is 1. The Hall–Kier alpha value is -0.900. The number of aryl methyl sites for hydroxylation is 1. The highest BCUT2D eigenvalue weighted by Crippen LogP contribution is 2.31. The molecule has 0 bridgehead atoms. The fourth-order valence-corrected chi connectivity index (χ4v) is 3.47. The van der Waals surface area contributed by atoms with E-state index in [1.807, 2.05) is 25.6 Å². The monoisotopic (exact) mass is 225 g/mol. The van der Waals surface area contributed by atoms with E-state index < -0.39 is 5.97 Å². The maximum Gasteiger partial charge on any atom is 0.337 e. The molecule has 1 aromatic rings. The summed E-state index contributed by atoms with van der Waals surface area (Å²) < 4.78 is 2.18. The Morgan fingerprint density at radius 2 is 2.33 bits per heavy atom. The molecule has 1 unspecified atom stereocenters. The number of aromatic carboxylic acids is 1. The molecule has 0 saturated carbocycles. The normalized spacial score (nSPS) is 20.8. The summed E-state index contributed by atoms with van der Waals surface area (Å²) >= 11 is 1.94. The molecule has 0 spiro atoms. The number of aromatic nitrogens is 1. The second-order valence-corrected chi connectivity index (χ2v) is 5.13. The molecular weight excluding hydrogens is 210 g/mol. The third-order valence-electron chi connectivity index (χ3n) is 2.99. The Morgan fingerprint density at radius 1 is 1.60 bits per heavy atom. The number of nitrogens with zero attached hydrogens (tertiary/aromatic N) is 1. The zero-order valence-electron chi connectivity index (χ0n) is 8.99. The minimum absolute atomic E-state index is 0.449. The number of hydrogen-bond donors (Lipinski definition) is 1. The van der Waals surface area contributed by atoms with Crippen LogP contribution in [0.1, 0.15) is 34.2 Å². The molecule has 1 saturated heterocycles. The highest BCUT2D eigenvalue weighted by Gasteiger charge is 2.23. The van der Waals surface area contributed by atoms with Gasteiger partial charge in [0.25, 0.3) is 0 Å². The molecule has 0 amide bonds. The summed E-state index contributed by atoms with van der Waals surface area (Å²) in [5.74, 6) is 1.47. The number of carboxylic acid groups (broad SMARTS) is 1. The molecule has 1 aliphatic rings. The van der Waals surface area contributed by atoms with E-state index in [4.69, 9.17) is 5.11 Å². The average Bonchev–Trinajstić information content (AvgIpc) is 2.73. The van der Waals surface area contributed by atoms with E-state index >= 15 is 0 Å². The first-order valence-corrected chi connectivity index (χ1v) is 6.26. The summed E-state index contributed by atoms with van der Waals surface area (Å²) in [4.78, 5) is 11.0. The molecule has 1 N–H and O–H groups in total. The van der Waals surface area contributed by atoms with Gasteiger partial charge < -0.3 is 9.67 Å². The van der Waals surface area contributed by atoms with E-state index in [0.29, 0.717) is 11.6 Å². The van der Waals surface area contributed by atoms with Gasteiger partial charge in [-0.05, 0) is 32.1 Å². The SMILES string of the molecule is Cc1cc(C(=O)O)c(C)n1C1CCSC1. The van der Waals surface area contributed by atoms with Crippen molar-refractivity contribution >= 4 is 17.7 Å². The predicted octanol–water partition coefficient (Wildman–Crippen LogP) is 2.48. The fraction of sp³-hybridized carbons (Fsp3) is 0.545. The standard InChI is InChI=1S/C11H15NO2S/c1-7-5-10(11(13)14)8(2)12(7)9-3-4-15-6-9/h5,9H,3-4,6H2,1-2H3,(H,13,14). The van der Waals surface area contributed by atoms with E-state index in [2.05, 4.69) is 4.57 Å². The van der Waals surface area contributed by atoms with Gasteiger partial charge in [0, 0.05) is 23.2 Å². The van der Waals surface area contributed by atoms with Crippen LogP contribution in [0.5, 0.6) is 0 Å². The smallest absolute Gasteiger partial charge is 0.337 e. The van der Waals surface area contributed by atoms with Crippen molar-refractivity contribution in [3.8, 4) is 0 Å². The Balaban J connectivity index is 2.42. The molecule has 1 aromatic heterocycles. The van der Waals surface area contributed by atoms with Crippen LogP contribution in [0, 0.1) is 13.8 Å². The Morgan fingerprint density at radius 3 is 2.80 bits per heavy atom. The van der Waals surface area contributed by atoms with Crippen LogP contribution in [0.15, 0.2) is 6.07 Å². The van der Waals surface area contributed by atoms with Crippen LogP contribution < -0.4 is 0 Å². The van der Waals surface area contributed by atoms with Crippen LogP contribution in [-0.2, 0) is 0 Å². The molecule has 3 nitrogen and oxygen atoms in total. The second kappa shape index (κ2) is 3.93. The first-order valence-electron chi connectivity index (χ1n) is 5.10. The van der Waals surface area contributed by atoms with Crippen molar-refractivity contribution in [1.82, 2.24) is 4.57 Å². The minimum Gasteiger partial charge on any atom is -0.478 e. The lowest BCUT2D eigenvalue weighted by molar-refractivity contribution is 0.0696. The lowest BCUT2D eigenvalue weighted by Crippen LogP contribution is -2.12. The van der Waals surface area contributed by atoms with Crippen molar-refractivity contribution in [3.05, 3.63) is 23.0 Å². The van der Waals surface area contributed by atoms with Crippen LogP contribution in [-0.4, -0.2) is 27.1 Å². The Bertz CT molecular complexity index is 392. The highest BCUT2D eigenvalue weighted by atomic mass is 32.2. The first kappa shape index (κ1) is 10.6. The summed E-state index contributed by atoms with van der Waals surface area (Å²) in [6.07, 6.45) is 1.15. The van der Waals surface area contributed by atoms with Gasteiger partial charge in [-0.25, -0.2) is 4.79 Å². The quantitative estimate of drug-likeness (QED) is 0.840. The molecule has 0 radical (unpaired) electrons. The summed E-state index contributed by atoms with van der Waals surface area (Å²) in [6, 6.07) is 2.27. The molecule has 1 atom stereocenters. The number of hydrogen-bond acceptors (Lipinski definition) is 2. The third-order valence-corrected chi connectivity index (χ3v) is 4.13. The molecule has 4 heteroatoms. The van der Waals surface area contributed by atoms with Crippen molar-refractivity contribution in [2.24, 2.45) is 0 Å². The minimum atomic E-state index is -0.819. The maximum absolute atomic E-state index is 11.0. The largest absolute Gasteiger partial charge is 0.478 e. The van der Waals surface area contributed by atoms with Crippen LogP contribution >= 0.6 is 11.8 Å². The zero-order chi connectivity index (χ0) is 11.0.